The molecule has 0 aliphatic carbocycles. The minimum atomic E-state index is -0.466. The third-order valence-electron chi connectivity index (χ3n) is 2.53. The first-order valence-corrected chi connectivity index (χ1v) is 6.93. The first-order valence-electron chi connectivity index (χ1n) is 5.62. The maximum absolute atomic E-state index is 5.45. The number of thiol groups is 2. The highest BCUT2D eigenvalue weighted by atomic mass is 32.2. The number of hydrogen-bond donors (Lipinski definition) is 2. The first kappa shape index (κ1) is 14.1. The molecule has 1 aromatic rings. The molecule has 3 heteroatoms. The van der Waals surface area contributed by atoms with Crippen LogP contribution in [-0.2, 0) is 0 Å². The Bertz CT molecular complexity index is 330. The number of benzene rings is 1. The van der Waals surface area contributed by atoms with Crippen molar-refractivity contribution in [1.82, 2.24) is 0 Å². The van der Waals surface area contributed by atoms with Crippen LogP contribution in [0.4, 0.5) is 0 Å². The fourth-order valence-corrected chi connectivity index (χ4v) is 2.37. The van der Waals surface area contributed by atoms with Gasteiger partial charge in [-0.2, -0.15) is 25.3 Å². The molecule has 16 heavy (non-hydrogen) atoms. The van der Waals surface area contributed by atoms with Gasteiger partial charge in [-0.1, -0.05) is 68.7 Å². The molecule has 0 fully saturated rings. The van der Waals surface area contributed by atoms with E-state index in [4.69, 9.17) is 12.2 Å². The molecule has 0 aliphatic rings. The second-order valence-electron chi connectivity index (χ2n) is 3.97. The van der Waals surface area contributed by atoms with Crippen molar-refractivity contribution in [2.45, 2.75) is 36.7 Å². The number of hydrogen-bond acceptors (Lipinski definition) is 3. The Kier molecular flexibility index (Phi) is 5.87. The number of thiocarbonyl (C=S) groups is 1. The van der Waals surface area contributed by atoms with Crippen molar-refractivity contribution in [2.75, 3.05) is 0 Å². The molecular formula is C13H18S3. The Morgan fingerprint density at radius 2 is 1.81 bits per heavy atom. The normalized spacial score (nSPS) is 11.4. The van der Waals surface area contributed by atoms with Gasteiger partial charge in [0.2, 0.25) is 0 Å². The van der Waals surface area contributed by atoms with E-state index in [9.17, 15) is 0 Å². The molecule has 0 radical (unpaired) electrons. The summed E-state index contributed by atoms with van der Waals surface area (Å²) in [5.41, 5.74) is 1.05. The Balaban J connectivity index is 2.65. The molecule has 0 nitrogen and oxygen atoms in total. The van der Waals surface area contributed by atoms with Crippen LogP contribution in [0.25, 0.3) is 0 Å². The highest BCUT2D eigenvalue weighted by Crippen LogP contribution is 2.31. The summed E-state index contributed by atoms with van der Waals surface area (Å²) in [6, 6.07) is 10.0. The van der Waals surface area contributed by atoms with Gasteiger partial charge in [-0.3, -0.25) is 0 Å². The van der Waals surface area contributed by atoms with Gasteiger partial charge in [-0.05, 0) is 12.0 Å². The van der Waals surface area contributed by atoms with Crippen LogP contribution in [0.3, 0.4) is 0 Å². The van der Waals surface area contributed by atoms with Crippen molar-refractivity contribution >= 4 is 42.3 Å². The Labute approximate surface area is 115 Å². The van der Waals surface area contributed by atoms with E-state index in [-0.39, 0.29) is 0 Å². The monoisotopic (exact) mass is 270 g/mol. The Morgan fingerprint density at radius 1 is 1.19 bits per heavy atom. The molecule has 0 amide bonds. The highest BCUT2D eigenvalue weighted by molar-refractivity contribution is 8.04. The van der Waals surface area contributed by atoms with Gasteiger partial charge in [-0.15, -0.1) is 0 Å². The zero-order valence-corrected chi connectivity index (χ0v) is 12.1. The SMILES string of the molecule is CCCCCC(S)(S)C(=S)c1ccccc1. The fourth-order valence-electron chi connectivity index (χ4n) is 1.56. The summed E-state index contributed by atoms with van der Waals surface area (Å²) in [6.45, 7) is 2.19. The lowest BCUT2D eigenvalue weighted by Crippen LogP contribution is -2.25. The maximum atomic E-state index is 5.45. The van der Waals surface area contributed by atoms with Crippen molar-refractivity contribution < 1.29 is 0 Å². The van der Waals surface area contributed by atoms with E-state index in [1.165, 1.54) is 12.8 Å². The summed E-state index contributed by atoms with van der Waals surface area (Å²) in [5, 5.41) is 0. The topological polar surface area (TPSA) is 0 Å². The fraction of sp³-hybridized carbons (Fsp3) is 0.462. The molecule has 0 saturated carbocycles. The second-order valence-corrected chi connectivity index (χ2v) is 6.26. The molecule has 0 aliphatic heterocycles. The molecule has 0 saturated heterocycles. The molecule has 0 spiro atoms. The van der Waals surface area contributed by atoms with Crippen LogP contribution >= 0.6 is 37.5 Å². The van der Waals surface area contributed by atoms with Crippen molar-refractivity contribution in [2.24, 2.45) is 0 Å². The molecule has 0 heterocycles. The molecule has 0 aromatic heterocycles. The smallest absolute Gasteiger partial charge is 0.0909 e. The van der Waals surface area contributed by atoms with Crippen LogP contribution < -0.4 is 0 Å². The third kappa shape index (κ3) is 4.11. The van der Waals surface area contributed by atoms with Crippen molar-refractivity contribution in [1.29, 1.82) is 0 Å². The van der Waals surface area contributed by atoms with Crippen LogP contribution in [0.1, 0.15) is 38.2 Å². The molecule has 1 aromatic carbocycles. The van der Waals surface area contributed by atoms with E-state index >= 15 is 0 Å². The van der Waals surface area contributed by atoms with Gasteiger partial charge in [0.1, 0.15) is 0 Å². The molecule has 1 rings (SSSR count). The lowest BCUT2D eigenvalue weighted by molar-refractivity contribution is 0.680. The summed E-state index contributed by atoms with van der Waals surface area (Å²) in [6.07, 6.45) is 4.45. The molecule has 0 bridgehead atoms. The lowest BCUT2D eigenvalue weighted by Gasteiger charge is -2.23. The van der Waals surface area contributed by atoms with Crippen LogP contribution in [0.2, 0.25) is 0 Å². The van der Waals surface area contributed by atoms with Crippen LogP contribution in [0, 0.1) is 0 Å². The summed E-state index contributed by atoms with van der Waals surface area (Å²) < 4.78 is -0.466. The van der Waals surface area contributed by atoms with E-state index in [1.54, 1.807) is 0 Å². The van der Waals surface area contributed by atoms with Crippen molar-refractivity contribution in [3.8, 4) is 0 Å². The second kappa shape index (κ2) is 6.67. The molecule has 88 valence electrons. The average Bonchev–Trinajstić information content (AvgIpc) is 2.29. The summed E-state index contributed by atoms with van der Waals surface area (Å²) in [4.78, 5) is 0.830. The zero-order chi connectivity index (χ0) is 12.0. The maximum Gasteiger partial charge on any atom is 0.0909 e. The largest absolute Gasteiger partial charge is 0.156 e. The van der Waals surface area contributed by atoms with Gasteiger partial charge in [0.15, 0.2) is 0 Å². The van der Waals surface area contributed by atoms with Crippen molar-refractivity contribution in [3.63, 3.8) is 0 Å². The lowest BCUT2D eigenvalue weighted by atomic mass is 10.0. The Hall–Kier alpha value is 0.01000. The van der Waals surface area contributed by atoms with Crippen LogP contribution in [0.5, 0.6) is 0 Å². The van der Waals surface area contributed by atoms with Crippen LogP contribution in [-0.4, -0.2) is 8.94 Å². The van der Waals surface area contributed by atoms with E-state index in [0.29, 0.717) is 0 Å². The zero-order valence-electron chi connectivity index (χ0n) is 9.52. The van der Waals surface area contributed by atoms with Gasteiger partial charge in [0.25, 0.3) is 0 Å². The summed E-state index contributed by atoms with van der Waals surface area (Å²) >= 11 is 14.6. The predicted molar refractivity (Wildman–Crippen MR) is 83.0 cm³/mol. The van der Waals surface area contributed by atoms with Gasteiger partial charge in [0.05, 0.1) is 4.08 Å². The van der Waals surface area contributed by atoms with Gasteiger partial charge < -0.3 is 0 Å². The van der Waals surface area contributed by atoms with E-state index in [2.05, 4.69) is 32.2 Å². The predicted octanol–water partition coefficient (Wildman–Crippen LogP) is 4.54. The Morgan fingerprint density at radius 3 is 2.38 bits per heavy atom. The molecule has 0 unspecified atom stereocenters. The minimum absolute atomic E-state index is 0.466. The third-order valence-corrected chi connectivity index (χ3v) is 4.31. The molecule has 0 atom stereocenters. The molecule has 0 N–H and O–H groups in total. The standard InChI is InChI=1S/C13H18S3/c1-2-3-7-10-13(15,16)12(14)11-8-5-4-6-9-11/h4-6,8-9,15-16H,2-3,7,10H2,1H3. The molecular weight excluding hydrogens is 252 g/mol. The van der Waals surface area contributed by atoms with E-state index in [1.807, 2.05) is 30.3 Å². The van der Waals surface area contributed by atoms with E-state index in [0.717, 1.165) is 23.3 Å². The highest BCUT2D eigenvalue weighted by Gasteiger charge is 2.26. The van der Waals surface area contributed by atoms with Crippen molar-refractivity contribution in [3.05, 3.63) is 35.9 Å². The number of rotatable bonds is 6. The summed E-state index contributed by atoms with van der Waals surface area (Å²) in [7, 11) is 0. The van der Waals surface area contributed by atoms with Gasteiger partial charge >= 0.3 is 0 Å². The first-order chi connectivity index (χ1) is 7.58. The quantitative estimate of drug-likeness (QED) is 0.252. The van der Waals surface area contributed by atoms with Crippen LogP contribution in [0.15, 0.2) is 30.3 Å². The van der Waals surface area contributed by atoms with Gasteiger partial charge in [0, 0.05) is 4.86 Å². The van der Waals surface area contributed by atoms with Gasteiger partial charge in [-0.25, -0.2) is 0 Å². The summed E-state index contributed by atoms with van der Waals surface area (Å²) in [5.74, 6) is 0. The van der Waals surface area contributed by atoms with E-state index < -0.39 is 4.08 Å². The number of unbranched alkanes of at least 4 members (excludes halogenated alkanes) is 2. The minimum Gasteiger partial charge on any atom is -0.156 e. The average molecular weight is 270 g/mol.